The number of carbonyl (C=O) groups is 1. The van der Waals surface area contributed by atoms with E-state index in [9.17, 15) is 4.79 Å². The minimum atomic E-state index is -0.785. The fourth-order valence-electron chi connectivity index (χ4n) is 4.61. The highest BCUT2D eigenvalue weighted by molar-refractivity contribution is 5.91. The van der Waals surface area contributed by atoms with Gasteiger partial charge in [0.05, 0.1) is 31.4 Å². The number of aromatic nitrogens is 5. The third-order valence-electron chi connectivity index (χ3n) is 6.10. The van der Waals surface area contributed by atoms with Gasteiger partial charge in [0.25, 0.3) is 0 Å². The van der Waals surface area contributed by atoms with Gasteiger partial charge in [0.1, 0.15) is 29.8 Å². The number of amides is 1. The van der Waals surface area contributed by atoms with E-state index < -0.39 is 17.5 Å². The summed E-state index contributed by atoms with van der Waals surface area (Å²) in [5, 5.41) is 8.36. The molecular formula is C25H23FN6O4. The lowest BCUT2D eigenvalue weighted by molar-refractivity contribution is 0.0574. The standard InChI is InChI=1S/C25H23FN6O4/c1-25(2,3)36-24(33)31-9-16-17(26)4-5-19-21(16)14(10-34-19)11-35-20-8-15(18-6-7-27-12-28-18)22-30-29-13-32(22)23(20)31/h4-8,12-14H,9-11H2,1-3H3/t14-/m1/s1. The molecule has 4 aromatic rings. The van der Waals surface area contributed by atoms with Crippen LogP contribution in [0.1, 0.15) is 37.8 Å². The molecule has 0 bridgehead atoms. The molecule has 11 heteroatoms. The maximum absolute atomic E-state index is 15.3. The molecule has 184 valence electrons. The molecule has 0 saturated heterocycles. The van der Waals surface area contributed by atoms with Gasteiger partial charge in [-0.3, -0.25) is 9.30 Å². The van der Waals surface area contributed by atoms with Gasteiger partial charge in [-0.25, -0.2) is 19.2 Å². The molecule has 0 spiro atoms. The summed E-state index contributed by atoms with van der Waals surface area (Å²) in [5.41, 5.74) is 1.98. The maximum atomic E-state index is 15.3. The van der Waals surface area contributed by atoms with E-state index in [1.54, 1.807) is 49.6 Å². The van der Waals surface area contributed by atoms with Gasteiger partial charge in [0.2, 0.25) is 0 Å². The van der Waals surface area contributed by atoms with Crippen LogP contribution in [0, 0.1) is 5.82 Å². The van der Waals surface area contributed by atoms with Gasteiger partial charge >= 0.3 is 6.09 Å². The Kier molecular flexibility index (Phi) is 5.02. The van der Waals surface area contributed by atoms with Crippen LogP contribution in [0.25, 0.3) is 16.9 Å². The van der Waals surface area contributed by atoms with E-state index in [0.29, 0.717) is 52.0 Å². The molecule has 1 atom stereocenters. The normalized spacial score (nSPS) is 16.8. The Bertz CT molecular complexity index is 1480. The van der Waals surface area contributed by atoms with Crippen molar-refractivity contribution in [2.24, 2.45) is 0 Å². The van der Waals surface area contributed by atoms with Crippen LogP contribution in [0.15, 0.2) is 43.1 Å². The second kappa shape index (κ2) is 8.14. The van der Waals surface area contributed by atoms with Crippen LogP contribution in [-0.4, -0.2) is 49.5 Å². The minimum absolute atomic E-state index is 0.0970. The number of halogens is 1. The summed E-state index contributed by atoms with van der Waals surface area (Å²) in [6, 6.07) is 6.49. The number of nitrogens with zero attached hydrogens (tertiary/aromatic N) is 6. The van der Waals surface area contributed by atoms with Crippen molar-refractivity contribution in [3.63, 3.8) is 0 Å². The van der Waals surface area contributed by atoms with Crippen LogP contribution in [-0.2, 0) is 11.3 Å². The van der Waals surface area contributed by atoms with Gasteiger partial charge in [0, 0.05) is 22.9 Å². The Balaban J connectivity index is 1.60. The Morgan fingerprint density at radius 1 is 1.17 bits per heavy atom. The van der Waals surface area contributed by atoms with Crippen LogP contribution >= 0.6 is 0 Å². The van der Waals surface area contributed by atoms with Gasteiger partial charge in [-0.15, -0.1) is 10.2 Å². The molecule has 2 aliphatic rings. The van der Waals surface area contributed by atoms with E-state index in [4.69, 9.17) is 14.2 Å². The molecule has 0 aliphatic carbocycles. The molecule has 1 amide bonds. The molecule has 6 rings (SSSR count). The molecule has 0 radical (unpaired) electrons. The number of benzene rings is 1. The summed E-state index contributed by atoms with van der Waals surface area (Å²) in [6.45, 7) is 5.79. The quantitative estimate of drug-likeness (QED) is 0.392. The number of hydrogen-bond donors (Lipinski definition) is 0. The van der Waals surface area contributed by atoms with E-state index in [0.717, 1.165) is 0 Å². The fourth-order valence-corrected chi connectivity index (χ4v) is 4.61. The highest BCUT2D eigenvalue weighted by atomic mass is 19.1. The smallest absolute Gasteiger partial charge is 0.416 e. The molecular weight excluding hydrogens is 467 g/mol. The number of rotatable bonds is 1. The van der Waals surface area contributed by atoms with Gasteiger partial charge in [-0.2, -0.15) is 0 Å². The molecule has 0 unspecified atom stereocenters. The molecule has 0 saturated carbocycles. The Labute approximate surface area is 205 Å². The monoisotopic (exact) mass is 490 g/mol. The summed E-state index contributed by atoms with van der Waals surface area (Å²) in [5.74, 6) is 0.657. The van der Waals surface area contributed by atoms with Crippen molar-refractivity contribution in [1.29, 1.82) is 0 Å². The summed E-state index contributed by atoms with van der Waals surface area (Å²) < 4.78 is 34.8. The van der Waals surface area contributed by atoms with Gasteiger partial charge in [0.15, 0.2) is 17.2 Å². The Hall–Kier alpha value is -4.28. The number of ether oxygens (including phenoxy) is 3. The van der Waals surface area contributed by atoms with E-state index in [2.05, 4.69) is 20.2 Å². The van der Waals surface area contributed by atoms with Crippen LogP contribution in [0.5, 0.6) is 11.5 Å². The predicted octanol–water partition coefficient (Wildman–Crippen LogP) is 4.14. The van der Waals surface area contributed by atoms with Crippen molar-refractivity contribution < 1.29 is 23.4 Å². The number of anilines is 1. The maximum Gasteiger partial charge on any atom is 0.416 e. The second-order valence-electron chi connectivity index (χ2n) is 9.69. The zero-order chi connectivity index (χ0) is 25.0. The zero-order valence-electron chi connectivity index (χ0n) is 19.9. The number of fused-ring (bicyclic) bond motifs is 3. The lowest BCUT2D eigenvalue weighted by atomic mass is 9.95. The van der Waals surface area contributed by atoms with Crippen LogP contribution in [0.3, 0.4) is 0 Å². The van der Waals surface area contributed by atoms with Crippen LogP contribution < -0.4 is 14.4 Å². The Morgan fingerprint density at radius 3 is 2.72 bits per heavy atom. The van der Waals surface area contributed by atoms with Crippen molar-refractivity contribution in [3.05, 3.63) is 60.1 Å². The molecule has 10 nitrogen and oxygen atoms in total. The SMILES string of the molecule is CC(C)(C)OC(=O)N1Cc2c(F)ccc3c2[C@H](CO3)COc2cc(-c3ccncn3)c3nncn3c21. The van der Waals surface area contributed by atoms with E-state index in [-0.39, 0.29) is 19.1 Å². The average Bonchev–Trinajstić information content (AvgIpc) is 3.49. The van der Waals surface area contributed by atoms with Gasteiger partial charge in [-0.05, 0) is 45.0 Å². The summed E-state index contributed by atoms with van der Waals surface area (Å²) >= 11 is 0. The predicted molar refractivity (Wildman–Crippen MR) is 127 cm³/mol. The van der Waals surface area contributed by atoms with Crippen molar-refractivity contribution in [2.75, 3.05) is 18.1 Å². The van der Waals surface area contributed by atoms with E-state index in [1.807, 2.05) is 0 Å². The van der Waals surface area contributed by atoms with Crippen molar-refractivity contribution in [1.82, 2.24) is 24.6 Å². The molecule has 0 fully saturated rings. The van der Waals surface area contributed by atoms with E-state index in [1.165, 1.54) is 23.6 Å². The molecule has 2 aliphatic heterocycles. The fraction of sp³-hybridized carbons (Fsp3) is 0.320. The van der Waals surface area contributed by atoms with Gasteiger partial charge < -0.3 is 14.2 Å². The lowest BCUT2D eigenvalue weighted by Gasteiger charge is -2.29. The number of carbonyl (C=O) groups excluding carboxylic acids is 1. The summed E-state index contributed by atoms with van der Waals surface area (Å²) in [7, 11) is 0. The third-order valence-corrected chi connectivity index (χ3v) is 6.10. The lowest BCUT2D eigenvalue weighted by Crippen LogP contribution is -2.38. The summed E-state index contributed by atoms with van der Waals surface area (Å²) in [6.07, 6.45) is 3.89. The number of pyridine rings is 1. The van der Waals surface area contributed by atoms with Gasteiger partial charge in [-0.1, -0.05) is 0 Å². The van der Waals surface area contributed by atoms with Crippen molar-refractivity contribution >= 4 is 17.6 Å². The molecule has 36 heavy (non-hydrogen) atoms. The Morgan fingerprint density at radius 2 is 1.97 bits per heavy atom. The first-order valence-electron chi connectivity index (χ1n) is 11.5. The number of hydrogen-bond acceptors (Lipinski definition) is 8. The average molecular weight is 490 g/mol. The van der Waals surface area contributed by atoms with Crippen LogP contribution in [0.2, 0.25) is 0 Å². The second-order valence-corrected chi connectivity index (χ2v) is 9.69. The molecule has 5 heterocycles. The minimum Gasteiger partial charge on any atom is -0.493 e. The first-order valence-corrected chi connectivity index (χ1v) is 11.5. The molecule has 1 aromatic carbocycles. The third kappa shape index (κ3) is 3.67. The first-order chi connectivity index (χ1) is 17.3. The van der Waals surface area contributed by atoms with E-state index >= 15 is 4.39 Å². The topological polar surface area (TPSA) is 104 Å². The van der Waals surface area contributed by atoms with Crippen molar-refractivity contribution in [2.45, 2.75) is 38.8 Å². The zero-order valence-corrected chi connectivity index (χ0v) is 19.9. The molecule has 3 aromatic heterocycles. The summed E-state index contributed by atoms with van der Waals surface area (Å²) in [4.78, 5) is 23.3. The van der Waals surface area contributed by atoms with Crippen molar-refractivity contribution in [3.8, 4) is 22.8 Å². The first kappa shape index (κ1) is 22.2. The highest BCUT2D eigenvalue weighted by Gasteiger charge is 2.37. The largest absolute Gasteiger partial charge is 0.493 e. The van der Waals surface area contributed by atoms with Crippen LogP contribution in [0.4, 0.5) is 15.0 Å². The molecule has 0 N–H and O–H groups in total. The highest BCUT2D eigenvalue weighted by Crippen LogP contribution is 2.43.